The summed E-state index contributed by atoms with van der Waals surface area (Å²) in [7, 11) is 0. The van der Waals surface area contributed by atoms with E-state index in [1.165, 1.54) is 128 Å². The molecule has 0 aromatic rings. The largest absolute Gasteiger partial charge is 0.0654 e. The predicted molar refractivity (Wildman–Crippen MR) is 126 cm³/mol. The Labute approximate surface area is 174 Å². The summed E-state index contributed by atoms with van der Waals surface area (Å²) in [5, 5.41) is 0. The van der Waals surface area contributed by atoms with Crippen molar-refractivity contribution in [2.45, 2.75) is 156 Å². The molecule has 0 aliphatic heterocycles. The molecule has 0 fully saturated rings. The van der Waals surface area contributed by atoms with E-state index in [9.17, 15) is 0 Å². The molecule has 0 saturated heterocycles. The summed E-state index contributed by atoms with van der Waals surface area (Å²) in [6.45, 7) is 9.33. The molecule has 0 spiro atoms. The van der Waals surface area contributed by atoms with Crippen LogP contribution >= 0.6 is 0 Å². The van der Waals surface area contributed by atoms with Crippen molar-refractivity contribution in [3.8, 4) is 0 Å². The monoisotopic (exact) mass is 379 g/mol. The molecular weight excluding hydrogens is 324 g/mol. The average molecular weight is 380 g/mol. The van der Waals surface area contributed by atoms with Crippen molar-refractivity contribution in [1.82, 2.24) is 0 Å². The van der Waals surface area contributed by atoms with E-state index in [4.69, 9.17) is 0 Å². The minimum absolute atomic E-state index is 0.903. The van der Waals surface area contributed by atoms with Gasteiger partial charge in [0.15, 0.2) is 0 Å². The highest BCUT2D eigenvalue weighted by atomic mass is 14.2. The number of unbranched alkanes of at least 4 members (excludes halogenated alkanes) is 12. The van der Waals surface area contributed by atoms with Crippen LogP contribution < -0.4 is 0 Å². The molecule has 1 radical (unpaired) electrons. The van der Waals surface area contributed by atoms with E-state index in [1.807, 2.05) is 0 Å². The third-order valence-electron chi connectivity index (χ3n) is 6.26. The molecule has 0 nitrogen and oxygen atoms in total. The summed E-state index contributed by atoms with van der Waals surface area (Å²) in [6.07, 6.45) is 31.5. The van der Waals surface area contributed by atoms with Gasteiger partial charge in [-0.25, -0.2) is 0 Å². The highest BCUT2D eigenvalue weighted by Gasteiger charge is 2.16. The van der Waals surface area contributed by atoms with Gasteiger partial charge in [0.25, 0.3) is 0 Å². The van der Waals surface area contributed by atoms with E-state index in [2.05, 4.69) is 34.1 Å². The van der Waals surface area contributed by atoms with E-state index < -0.39 is 0 Å². The second-order valence-corrected chi connectivity index (χ2v) is 9.11. The van der Waals surface area contributed by atoms with Crippen LogP contribution in [0, 0.1) is 18.3 Å². The first kappa shape index (κ1) is 27.0. The fourth-order valence-corrected chi connectivity index (χ4v) is 4.39. The van der Waals surface area contributed by atoms with E-state index in [1.54, 1.807) is 0 Å². The zero-order valence-corrected chi connectivity index (χ0v) is 19.9. The van der Waals surface area contributed by atoms with Crippen molar-refractivity contribution in [3.63, 3.8) is 0 Å². The van der Waals surface area contributed by atoms with E-state index >= 15 is 0 Å². The van der Waals surface area contributed by atoms with Gasteiger partial charge in [-0.2, -0.15) is 0 Å². The lowest BCUT2D eigenvalue weighted by molar-refractivity contribution is 0.367. The van der Waals surface area contributed by atoms with Crippen molar-refractivity contribution in [3.05, 3.63) is 6.42 Å². The van der Waals surface area contributed by atoms with Gasteiger partial charge in [-0.05, 0) is 18.3 Å². The molecule has 0 N–H and O–H groups in total. The van der Waals surface area contributed by atoms with Gasteiger partial charge in [-0.15, -0.1) is 0 Å². The summed E-state index contributed by atoms with van der Waals surface area (Å²) >= 11 is 0. The Bertz CT molecular complexity index is 257. The lowest BCUT2D eigenvalue weighted by Crippen LogP contribution is -2.11. The molecule has 0 aromatic carbocycles. The fourth-order valence-electron chi connectivity index (χ4n) is 4.39. The highest BCUT2D eigenvalue weighted by Crippen LogP contribution is 2.30. The minimum Gasteiger partial charge on any atom is -0.0654 e. The summed E-state index contributed by atoms with van der Waals surface area (Å²) in [5.41, 5.74) is 0. The van der Waals surface area contributed by atoms with E-state index in [-0.39, 0.29) is 0 Å². The Morgan fingerprint density at radius 3 is 1.04 bits per heavy atom. The maximum atomic E-state index is 2.85. The Balaban J connectivity index is 4.35. The fraction of sp³-hybridized carbons (Fsp3) is 0.963. The molecule has 2 unspecified atom stereocenters. The maximum absolute atomic E-state index is 2.85. The smallest absolute Gasteiger partial charge is 0.0324 e. The van der Waals surface area contributed by atoms with Crippen LogP contribution in [0.15, 0.2) is 0 Å². The van der Waals surface area contributed by atoms with Crippen LogP contribution in [0.3, 0.4) is 0 Å². The highest BCUT2D eigenvalue weighted by molar-refractivity contribution is 4.84. The zero-order valence-electron chi connectivity index (χ0n) is 19.9. The molecule has 0 aliphatic carbocycles. The van der Waals surface area contributed by atoms with E-state index in [0.29, 0.717) is 0 Å². The summed E-state index contributed by atoms with van der Waals surface area (Å²) in [6, 6.07) is 0. The normalized spacial score (nSPS) is 13.8. The van der Waals surface area contributed by atoms with Crippen LogP contribution in [0.1, 0.15) is 156 Å². The second-order valence-electron chi connectivity index (χ2n) is 9.11. The third kappa shape index (κ3) is 19.1. The van der Waals surface area contributed by atoms with Crippen molar-refractivity contribution in [1.29, 1.82) is 0 Å². The van der Waals surface area contributed by atoms with E-state index in [0.717, 1.165) is 11.8 Å². The maximum Gasteiger partial charge on any atom is -0.0324 e. The van der Waals surface area contributed by atoms with Crippen LogP contribution in [0.5, 0.6) is 0 Å². The van der Waals surface area contributed by atoms with Crippen LogP contribution in [-0.2, 0) is 0 Å². The zero-order chi connectivity index (χ0) is 20.0. The molecule has 0 heterocycles. The molecule has 27 heavy (non-hydrogen) atoms. The van der Waals surface area contributed by atoms with Gasteiger partial charge in [-0.3, -0.25) is 0 Å². The van der Waals surface area contributed by atoms with Crippen LogP contribution in [0.25, 0.3) is 0 Å². The Morgan fingerprint density at radius 1 is 0.370 bits per heavy atom. The predicted octanol–water partition coefficient (Wildman–Crippen LogP) is 10.3. The third-order valence-corrected chi connectivity index (χ3v) is 6.26. The van der Waals surface area contributed by atoms with Crippen molar-refractivity contribution < 1.29 is 0 Å². The van der Waals surface area contributed by atoms with Gasteiger partial charge in [0.05, 0.1) is 0 Å². The molecule has 163 valence electrons. The first-order chi connectivity index (χ1) is 13.3. The molecule has 0 saturated carbocycles. The number of hydrogen-bond acceptors (Lipinski definition) is 0. The van der Waals surface area contributed by atoms with Gasteiger partial charge in [0.2, 0.25) is 0 Å². The van der Waals surface area contributed by atoms with Gasteiger partial charge >= 0.3 is 0 Å². The molecule has 0 aromatic heterocycles. The van der Waals surface area contributed by atoms with Crippen LogP contribution in [0.4, 0.5) is 0 Å². The van der Waals surface area contributed by atoms with Crippen molar-refractivity contribution >= 4 is 0 Å². The van der Waals surface area contributed by atoms with Crippen molar-refractivity contribution in [2.75, 3.05) is 0 Å². The van der Waals surface area contributed by atoms with Gasteiger partial charge in [-0.1, -0.05) is 156 Å². The Kier molecular flexibility index (Phi) is 22.3. The minimum atomic E-state index is 0.903. The topological polar surface area (TPSA) is 0 Å². The summed E-state index contributed by atoms with van der Waals surface area (Å²) < 4.78 is 0. The lowest BCUT2D eigenvalue weighted by atomic mass is 9.82. The second kappa shape index (κ2) is 22.3. The Morgan fingerprint density at radius 2 is 0.630 bits per heavy atom. The lowest BCUT2D eigenvalue weighted by Gasteiger charge is -2.24. The Hall–Kier alpha value is 0. The quantitative estimate of drug-likeness (QED) is 0.164. The molecule has 0 rings (SSSR count). The number of rotatable bonds is 22. The molecule has 2 atom stereocenters. The molecule has 0 aliphatic rings. The summed E-state index contributed by atoms with van der Waals surface area (Å²) in [5.74, 6) is 1.81. The standard InChI is InChI=1S/C27H55/c1-5-9-13-15-16-20-24-27(22-18-12-8-4)25-26(21-17-11-7-3)23-19-14-10-6-2/h25-27H,5-24H2,1-4H3. The molecule has 0 amide bonds. The first-order valence-corrected chi connectivity index (χ1v) is 13.1. The SMILES string of the molecule is CCCCCCCCC([CH]C(CCCCC)CCCCCC)CCCCC. The van der Waals surface area contributed by atoms with Gasteiger partial charge < -0.3 is 0 Å². The van der Waals surface area contributed by atoms with Gasteiger partial charge in [0, 0.05) is 0 Å². The van der Waals surface area contributed by atoms with Crippen LogP contribution in [0.2, 0.25) is 0 Å². The van der Waals surface area contributed by atoms with Gasteiger partial charge in [0.1, 0.15) is 0 Å². The average Bonchev–Trinajstić information content (AvgIpc) is 2.67. The first-order valence-electron chi connectivity index (χ1n) is 13.1. The summed E-state index contributed by atoms with van der Waals surface area (Å²) in [4.78, 5) is 0. The molecule has 0 heteroatoms. The molecular formula is C27H55. The van der Waals surface area contributed by atoms with Crippen LogP contribution in [-0.4, -0.2) is 0 Å². The number of hydrogen-bond donors (Lipinski definition) is 0. The molecule has 0 bridgehead atoms. The van der Waals surface area contributed by atoms with Crippen molar-refractivity contribution in [2.24, 2.45) is 11.8 Å².